The zero-order valence-electron chi connectivity index (χ0n) is 41.8. The van der Waals surface area contributed by atoms with Crippen molar-refractivity contribution >= 4 is 49.2 Å². The Balaban J connectivity index is 0.000000184. The summed E-state index contributed by atoms with van der Waals surface area (Å²) in [5.41, 5.74) is 12.6. The van der Waals surface area contributed by atoms with Crippen molar-refractivity contribution in [2.75, 3.05) is 31.1 Å². The standard InChI is InChI=1S/C36H24N6.C19H19N5.2F6P.Ru/c1-5-17-37-29(9-1)33-21-27(22-34(41-33)30-10-2-6-18-38-30)25-13-15-26(16-14-25)28-23-35(31-11-3-7-19-39-31)42-36(24-28)32-12-4-8-20-40-32;1-4-14-5-6-15-7-8-16(22-18(15)17(14)20-9-1)24-13-3-12-23-11-2-10-21-19(23)24;2*1-7(2,3,4,5)6;/h1-24H;1,4-9H,2-3,10-13H2;;;/q;;2*-1;+2. The van der Waals surface area contributed by atoms with E-state index >= 15 is 0 Å². The molecule has 2 aliphatic heterocycles. The van der Waals surface area contributed by atoms with Crippen LogP contribution in [0.5, 0.6) is 0 Å². The molecular weight excluding hydrogens is 1210 g/mol. The smallest absolute Gasteiger partial charge is 0.342 e. The molecule has 81 heavy (non-hydrogen) atoms. The molecule has 0 radical (unpaired) electrons. The summed E-state index contributed by atoms with van der Waals surface area (Å²) in [5.74, 6) is 2.07. The molecule has 0 saturated carbocycles. The number of aromatic nitrogens is 8. The molecule has 0 unspecified atom stereocenters. The largest absolute Gasteiger partial charge is 2.00 e. The molecule has 2 aliphatic rings. The van der Waals surface area contributed by atoms with Gasteiger partial charge in [0.2, 0.25) is 5.96 Å². The summed E-state index contributed by atoms with van der Waals surface area (Å²) in [6.07, 6.45) is 11.3. The van der Waals surface area contributed by atoms with E-state index in [0.717, 1.165) is 140 Å². The molecule has 0 aliphatic carbocycles. The number of aliphatic imine (C=N–C) groups is 1. The van der Waals surface area contributed by atoms with Gasteiger partial charge in [-0.25, -0.2) is 15.0 Å². The Hall–Kier alpha value is -7.93. The third-order valence-corrected chi connectivity index (χ3v) is 11.8. The Morgan fingerprint density at radius 1 is 0.346 bits per heavy atom. The van der Waals surface area contributed by atoms with Crippen molar-refractivity contribution in [2.24, 2.45) is 4.99 Å². The van der Waals surface area contributed by atoms with Crippen LogP contribution in [0.2, 0.25) is 0 Å². The molecule has 0 amide bonds. The summed E-state index contributed by atoms with van der Waals surface area (Å²) in [6.45, 7) is 4.10. The second-order valence-corrected chi connectivity index (χ2v) is 21.8. The first-order valence-electron chi connectivity index (χ1n) is 24.3. The van der Waals surface area contributed by atoms with E-state index in [4.69, 9.17) is 19.9 Å². The maximum absolute atomic E-state index is 10.7. The number of pyridine rings is 8. The van der Waals surface area contributed by atoms with Crippen LogP contribution in [0.4, 0.5) is 56.2 Å². The Kier molecular flexibility index (Phi) is 16.2. The van der Waals surface area contributed by atoms with Gasteiger partial charge in [-0.3, -0.25) is 34.8 Å². The van der Waals surface area contributed by atoms with Crippen molar-refractivity contribution in [3.05, 3.63) is 189 Å². The number of hydrogen-bond acceptors (Lipinski definition) is 11. The van der Waals surface area contributed by atoms with E-state index in [2.05, 4.69) is 114 Å². The van der Waals surface area contributed by atoms with Gasteiger partial charge in [0, 0.05) is 67.9 Å². The molecule has 0 bridgehead atoms. The summed E-state index contributed by atoms with van der Waals surface area (Å²) in [5, 5.41) is 2.26. The number of rotatable bonds is 7. The van der Waals surface area contributed by atoms with Crippen LogP contribution in [-0.2, 0) is 19.5 Å². The maximum atomic E-state index is 9.87. The molecule has 10 aromatic rings. The molecule has 0 atom stereocenters. The van der Waals surface area contributed by atoms with Crippen LogP contribution >= 0.6 is 15.6 Å². The van der Waals surface area contributed by atoms with Crippen LogP contribution in [-0.4, -0.2) is 76.9 Å². The fourth-order valence-corrected chi connectivity index (χ4v) is 8.54. The van der Waals surface area contributed by atoms with Crippen molar-refractivity contribution < 1.29 is 69.8 Å². The van der Waals surface area contributed by atoms with Crippen LogP contribution in [0.25, 0.3) is 89.6 Å². The summed E-state index contributed by atoms with van der Waals surface area (Å²) in [4.78, 5) is 46.9. The first-order valence-corrected chi connectivity index (χ1v) is 28.3. The van der Waals surface area contributed by atoms with Gasteiger partial charge in [-0.05, 0) is 126 Å². The van der Waals surface area contributed by atoms with Gasteiger partial charge >= 0.3 is 85.5 Å². The first-order chi connectivity index (χ1) is 37.6. The summed E-state index contributed by atoms with van der Waals surface area (Å²) in [7, 11) is -21.3. The molecular formula is C55H43F12N11P2Ru. The molecule has 0 N–H and O–H groups in total. The van der Waals surface area contributed by atoms with Gasteiger partial charge in [0.15, 0.2) is 0 Å². The Bertz CT molecular complexity index is 3540. The Labute approximate surface area is 467 Å². The van der Waals surface area contributed by atoms with Crippen molar-refractivity contribution in [3.8, 4) is 67.8 Å². The molecule has 10 heterocycles. The van der Waals surface area contributed by atoms with Gasteiger partial charge in [0.25, 0.3) is 0 Å². The normalized spacial score (nSPS) is 14.9. The van der Waals surface area contributed by atoms with Crippen molar-refractivity contribution in [1.82, 2.24) is 44.8 Å². The van der Waals surface area contributed by atoms with Crippen molar-refractivity contribution in [2.45, 2.75) is 12.8 Å². The van der Waals surface area contributed by atoms with Crippen LogP contribution in [0.1, 0.15) is 12.8 Å². The quantitative estimate of drug-likeness (QED) is 0.0660. The number of guanidine groups is 1. The predicted octanol–water partition coefficient (Wildman–Crippen LogP) is 17.9. The first kappa shape index (κ1) is 59.2. The third kappa shape index (κ3) is 18.0. The van der Waals surface area contributed by atoms with E-state index in [9.17, 15) is 50.4 Å². The number of benzene rings is 2. The van der Waals surface area contributed by atoms with E-state index in [1.807, 2.05) is 85.1 Å². The number of nitrogens with zero attached hydrogens (tertiary/aromatic N) is 11. The van der Waals surface area contributed by atoms with Crippen molar-refractivity contribution in [3.63, 3.8) is 0 Å². The van der Waals surface area contributed by atoms with Gasteiger partial charge < -0.3 is 4.90 Å². The fourth-order valence-electron chi connectivity index (χ4n) is 8.54. The molecule has 8 aromatic heterocycles. The SMILES string of the molecule is F[P-](F)(F)(F)(F)F.F[P-](F)(F)(F)(F)F.[Ru+2].c1ccc(-c2cc(-c3ccc(-c4cc(-c5ccccn5)nc(-c5ccccn5)c4)cc3)cc(-c3ccccn3)n2)nc1.c1cnc2c(c1)ccc1ccc(N3CCCN4CCCN=C43)nc12. The summed E-state index contributed by atoms with van der Waals surface area (Å²) < 4.78 is 118. The topological polar surface area (TPSA) is 122 Å². The van der Waals surface area contributed by atoms with E-state index in [1.165, 1.54) is 0 Å². The van der Waals surface area contributed by atoms with E-state index in [1.54, 1.807) is 24.8 Å². The zero-order valence-corrected chi connectivity index (χ0v) is 45.4. The second-order valence-electron chi connectivity index (χ2n) is 18.0. The van der Waals surface area contributed by atoms with Gasteiger partial charge in [-0.2, -0.15) is 0 Å². The number of hydrogen-bond donors (Lipinski definition) is 0. The number of halogens is 12. The fraction of sp³-hybridized carbons (Fsp3) is 0.109. The molecule has 2 aromatic carbocycles. The molecule has 11 nitrogen and oxygen atoms in total. The second kappa shape index (κ2) is 22.2. The third-order valence-electron chi connectivity index (χ3n) is 11.8. The molecule has 420 valence electrons. The van der Waals surface area contributed by atoms with Crippen molar-refractivity contribution in [1.29, 1.82) is 0 Å². The number of anilines is 1. The van der Waals surface area contributed by atoms with Gasteiger partial charge in [0.05, 0.1) is 56.6 Å². The van der Waals surface area contributed by atoms with Gasteiger partial charge in [-0.1, -0.05) is 66.7 Å². The summed E-state index contributed by atoms with van der Waals surface area (Å²) >= 11 is 0. The van der Waals surface area contributed by atoms with Gasteiger partial charge in [-0.15, -0.1) is 0 Å². The zero-order chi connectivity index (χ0) is 56.9. The van der Waals surface area contributed by atoms with Crippen LogP contribution < -0.4 is 4.90 Å². The van der Waals surface area contributed by atoms with E-state index < -0.39 is 15.6 Å². The van der Waals surface area contributed by atoms with Crippen LogP contribution in [0.3, 0.4) is 0 Å². The molecule has 26 heteroatoms. The van der Waals surface area contributed by atoms with Crippen LogP contribution in [0.15, 0.2) is 194 Å². The average molecular weight is 1250 g/mol. The molecule has 0 spiro atoms. The Morgan fingerprint density at radius 2 is 0.728 bits per heavy atom. The minimum Gasteiger partial charge on any atom is -0.342 e. The van der Waals surface area contributed by atoms with Gasteiger partial charge in [0.1, 0.15) is 5.82 Å². The van der Waals surface area contributed by atoms with Crippen LogP contribution in [0, 0.1) is 0 Å². The van der Waals surface area contributed by atoms with E-state index in [-0.39, 0.29) is 19.5 Å². The molecule has 1 fully saturated rings. The molecule has 1 saturated heterocycles. The Morgan fingerprint density at radius 3 is 1.14 bits per heavy atom. The maximum Gasteiger partial charge on any atom is 2.00 e. The summed E-state index contributed by atoms with van der Waals surface area (Å²) in [6, 6.07) is 52.8. The minimum atomic E-state index is -10.7. The van der Waals surface area contributed by atoms with E-state index in [0.29, 0.717) is 0 Å². The number of fused-ring (bicyclic) bond motifs is 4. The molecule has 12 rings (SSSR count). The minimum absolute atomic E-state index is 0. The average Bonchev–Trinajstić information content (AvgIpc) is 3.65. The predicted molar refractivity (Wildman–Crippen MR) is 290 cm³/mol. The monoisotopic (exact) mass is 1250 g/mol.